The molecule has 0 fully saturated rings. The predicted octanol–water partition coefficient (Wildman–Crippen LogP) is 3.74. The monoisotopic (exact) mass is 243 g/mol. The minimum Gasteiger partial charge on any atom is -0.468 e. The van der Waals surface area contributed by atoms with Gasteiger partial charge in [-0.05, 0) is 24.6 Å². The molecule has 0 aliphatic heterocycles. The van der Waals surface area contributed by atoms with Gasteiger partial charge in [-0.15, -0.1) is 0 Å². The smallest absolute Gasteiger partial charge is 0.117 e. The topological polar surface area (TPSA) is 25.2 Å². The highest BCUT2D eigenvalue weighted by Gasteiger charge is 2.27. The number of furan rings is 1. The minimum absolute atomic E-state index is 0.0911. The Bertz CT molecular complexity index is 459. The Labute approximate surface area is 109 Å². The van der Waals surface area contributed by atoms with Crippen molar-refractivity contribution >= 4 is 0 Å². The summed E-state index contributed by atoms with van der Waals surface area (Å²) in [6.45, 7) is 7.52. The van der Waals surface area contributed by atoms with Crippen LogP contribution in [0.4, 0.5) is 0 Å². The van der Waals surface area contributed by atoms with Crippen molar-refractivity contribution in [3.63, 3.8) is 0 Å². The van der Waals surface area contributed by atoms with E-state index < -0.39 is 0 Å². The Kier molecular flexibility index (Phi) is 3.87. The van der Waals surface area contributed by atoms with E-state index in [1.54, 1.807) is 6.26 Å². The summed E-state index contributed by atoms with van der Waals surface area (Å²) in [7, 11) is 0. The molecule has 0 saturated carbocycles. The molecule has 18 heavy (non-hydrogen) atoms. The number of benzene rings is 1. The third-order valence-electron chi connectivity index (χ3n) is 3.76. The zero-order chi connectivity index (χ0) is 13.0. The Hall–Kier alpha value is -1.54. The lowest BCUT2D eigenvalue weighted by molar-refractivity contribution is 0.346. The van der Waals surface area contributed by atoms with Gasteiger partial charge in [0.15, 0.2) is 0 Å². The molecule has 1 N–H and O–H groups in total. The van der Waals surface area contributed by atoms with Gasteiger partial charge in [0.05, 0.1) is 12.8 Å². The van der Waals surface area contributed by atoms with E-state index in [9.17, 15) is 0 Å². The zero-order valence-electron chi connectivity index (χ0n) is 11.3. The molecule has 0 aliphatic rings. The van der Waals surface area contributed by atoms with E-state index in [1.165, 1.54) is 5.56 Å². The van der Waals surface area contributed by atoms with Crippen LogP contribution in [-0.4, -0.2) is 6.04 Å². The summed E-state index contributed by atoms with van der Waals surface area (Å²) < 4.78 is 5.34. The second-order valence-corrected chi connectivity index (χ2v) is 5.27. The van der Waals surface area contributed by atoms with Crippen LogP contribution in [0.2, 0.25) is 0 Å². The van der Waals surface area contributed by atoms with Crippen LogP contribution < -0.4 is 5.32 Å². The summed E-state index contributed by atoms with van der Waals surface area (Å²) in [5.74, 6) is 0.978. The maximum atomic E-state index is 5.34. The van der Waals surface area contributed by atoms with Crippen molar-refractivity contribution in [3.05, 3.63) is 60.1 Å². The minimum atomic E-state index is 0.0911. The van der Waals surface area contributed by atoms with Gasteiger partial charge in [-0.1, -0.05) is 44.2 Å². The van der Waals surface area contributed by atoms with Crippen LogP contribution in [0.25, 0.3) is 0 Å². The van der Waals surface area contributed by atoms with Crippen molar-refractivity contribution in [2.75, 3.05) is 0 Å². The molecule has 0 bridgehead atoms. The Balaban J connectivity index is 2.01. The molecule has 0 aliphatic carbocycles. The molecule has 2 nitrogen and oxygen atoms in total. The van der Waals surface area contributed by atoms with E-state index in [4.69, 9.17) is 4.42 Å². The van der Waals surface area contributed by atoms with Gasteiger partial charge in [0.1, 0.15) is 5.76 Å². The third-order valence-corrected chi connectivity index (χ3v) is 3.76. The van der Waals surface area contributed by atoms with Crippen molar-refractivity contribution < 1.29 is 4.42 Å². The van der Waals surface area contributed by atoms with Crippen LogP contribution in [0, 0.1) is 0 Å². The highest BCUT2D eigenvalue weighted by atomic mass is 16.3. The highest BCUT2D eigenvalue weighted by molar-refractivity contribution is 5.25. The van der Waals surface area contributed by atoms with Crippen LogP contribution in [0.3, 0.4) is 0 Å². The fourth-order valence-corrected chi connectivity index (χ4v) is 2.04. The maximum absolute atomic E-state index is 5.34. The summed E-state index contributed by atoms with van der Waals surface area (Å²) in [4.78, 5) is 0. The second-order valence-electron chi connectivity index (χ2n) is 5.27. The summed E-state index contributed by atoms with van der Waals surface area (Å²) in [5.41, 5.74) is 1.44. The first kappa shape index (κ1) is 12.9. The van der Waals surface area contributed by atoms with E-state index in [1.807, 2.05) is 12.1 Å². The molecule has 0 amide bonds. The van der Waals surface area contributed by atoms with Gasteiger partial charge in [0, 0.05) is 11.5 Å². The van der Waals surface area contributed by atoms with Crippen LogP contribution in [0.15, 0.2) is 53.1 Å². The first-order valence-electron chi connectivity index (χ1n) is 6.42. The van der Waals surface area contributed by atoms with Crippen molar-refractivity contribution in [2.24, 2.45) is 0 Å². The molecule has 1 aromatic heterocycles. The van der Waals surface area contributed by atoms with Gasteiger partial charge in [-0.3, -0.25) is 0 Å². The van der Waals surface area contributed by atoms with Crippen LogP contribution in [-0.2, 0) is 12.0 Å². The summed E-state index contributed by atoms with van der Waals surface area (Å²) in [6.07, 6.45) is 1.71. The highest BCUT2D eigenvalue weighted by Crippen LogP contribution is 2.26. The predicted molar refractivity (Wildman–Crippen MR) is 74.5 cm³/mol. The van der Waals surface area contributed by atoms with Gasteiger partial charge in [-0.2, -0.15) is 0 Å². The van der Waals surface area contributed by atoms with E-state index in [2.05, 4.69) is 56.4 Å². The molecule has 0 spiro atoms. The molecular weight excluding hydrogens is 222 g/mol. The molecule has 96 valence electrons. The van der Waals surface area contributed by atoms with Crippen molar-refractivity contribution in [1.82, 2.24) is 5.32 Å². The number of rotatable bonds is 5. The first-order valence-corrected chi connectivity index (χ1v) is 6.42. The van der Waals surface area contributed by atoms with Crippen LogP contribution in [0.5, 0.6) is 0 Å². The average Bonchev–Trinajstić information content (AvgIpc) is 2.90. The molecule has 2 aromatic rings. The lowest BCUT2D eigenvalue weighted by Crippen LogP contribution is -2.42. The van der Waals surface area contributed by atoms with Crippen molar-refractivity contribution in [3.8, 4) is 0 Å². The third kappa shape index (κ3) is 2.82. The summed E-state index contributed by atoms with van der Waals surface area (Å²) in [5, 5.41) is 3.53. The average molecular weight is 243 g/mol. The van der Waals surface area contributed by atoms with Gasteiger partial charge in [-0.25, -0.2) is 0 Å². The Morgan fingerprint density at radius 2 is 1.83 bits per heavy atom. The quantitative estimate of drug-likeness (QED) is 0.865. The molecule has 1 heterocycles. The SMILES string of the molecule is CC(NCc1ccco1)C(C)(C)c1ccccc1. The largest absolute Gasteiger partial charge is 0.468 e. The van der Waals surface area contributed by atoms with Crippen LogP contribution >= 0.6 is 0 Å². The van der Waals surface area contributed by atoms with E-state index in [0.717, 1.165) is 12.3 Å². The molecule has 1 atom stereocenters. The molecule has 1 unspecified atom stereocenters. The number of nitrogens with one attached hydrogen (secondary N) is 1. The lowest BCUT2D eigenvalue weighted by atomic mass is 9.78. The van der Waals surface area contributed by atoms with Gasteiger partial charge >= 0.3 is 0 Å². The molecule has 0 radical (unpaired) electrons. The fraction of sp³-hybridized carbons (Fsp3) is 0.375. The van der Waals surface area contributed by atoms with E-state index in [0.29, 0.717) is 6.04 Å². The van der Waals surface area contributed by atoms with Gasteiger partial charge in [0.2, 0.25) is 0 Å². The molecular formula is C16H21NO. The molecule has 0 saturated heterocycles. The van der Waals surface area contributed by atoms with Crippen LogP contribution in [0.1, 0.15) is 32.1 Å². The second kappa shape index (κ2) is 5.40. The normalized spacial score (nSPS) is 13.5. The van der Waals surface area contributed by atoms with E-state index >= 15 is 0 Å². The summed E-state index contributed by atoms with van der Waals surface area (Å²) >= 11 is 0. The van der Waals surface area contributed by atoms with Crippen molar-refractivity contribution in [1.29, 1.82) is 0 Å². The standard InChI is InChI=1S/C16H21NO/c1-13(17-12-15-10-7-11-18-15)16(2,3)14-8-5-4-6-9-14/h4-11,13,17H,12H2,1-3H3. The number of hydrogen-bond donors (Lipinski definition) is 1. The number of hydrogen-bond acceptors (Lipinski definition) is 2. The van der Waals surface area contributed by atoms with Gasteiger partial charge in [0.25, 0.3) is 0 Å². The first-order chi connectivity index (χ1) is 8.60. The van der Waals surface area contributed by atoms with Crippen molar-refractivity contribution in [2.45, 2.75) is 38.8 Å². The Morgan fingerprint density at radius 1 is 1.11 bits per heavy atom. The molecule has 1 aromatic carbocycles. The zero-order valence-corrected chi connectivity index (χ0v) is 11.3. The molecule has 2 heteroatoms. The molecule has 2 rings (SSSR count). The lowest BCUT2D eigenvalue weighted by Gasteiger charge is -2.33. The summed E-state index contributed by atoms with van der Waals surface area (Å²) in [6, 6.07) is 14.9. The van der Waals surface area contributed by atoms with E-state index in [-0.39, 0.29) is 5.41 Å². The maximum Gasteiger partial charge on any atom is 0.117 e. The fourth-order valence-electron chi connectivity index (χ4n) is 2.04. The van der Waals surface area contributed by atoms with Gasteiger partial charge < -0.3 is 9.73 Å². The Morgan fingerprint density at radius 3 is 2.44 bits per heavy atom.